The number of anilines is 1. The zero-order chi connectivity index (χ0) is 19.4. The van der Waals surface area contributed by atoms with Crippen LogP contribution in [-0.4, -0.2) is 10.8 Å². The first-order valence-corrected chi connectivity index (χ1v) is 8.22. The molecule has 0 saturated heterocycles. The van der Waals surface area contributed by atoms with Gasteiger partial charge in [0.15, 0.2) is 0 Å². The normalized spacial score (nSPS) is 11.0. The van der Waals surface area contributed by atoms with Crippen LogP contribution >= 0.6 is 11.6 Å². The topological polar surface area (TPSA) is 96.0 Å². The number of fused-ring (bicyclic) bond motifs is 1. The van der Waals surface area contributed by atoms with E-state index in [-0.39, 0.29) is 16.3 Å². The summed E-state index contributed by atoms with van der Waals surface area (Å²) in [6.45, 7) is 0. The SMILES string of the molecule is N#C/C(=C\c1ccc(Cl)c([N+](=O)[O-])c1)C(=O)Nc1cccc2ccccc12. The lowest BCUT2D eigenvalue weighted by atomic mass is 10.1. The molecule has 0 heterocycles. The fourth-order valence-corrected chi connectivity index (χ4v) is 2.79. The fraction of sp³-hybridized carbons (Fsp3) is 0. The van der Waals surface area contributed by atoms with E-state index in [9.17, 15) is 20.2 Å². The van der Waals surface area contributed by atoms with Crippen LogP contribution in [0.15, 0.2) is 66.2 Å². The summed E-state index contributed by atoms with van der Waals surface area (Å²) < 4.78 is 0. The number of halogens is 1. The molecule has 0 fully saturated rings. The van der Waals surface area contributed by atoms with E-state index in [4.69, 9.17) is 11.6 Å². The number of benzene rings is 3. The van der Waals surface area contributed by atoms with Crippen molar-refractivity contribution >= 4 is 45.7 Å². The van der Waals surface area contributed by atoms with Crippen molar-refractivity contribution in [3.8, 4) is 6.07 Å². The molecular formula is C20H12ClN3O3. The lowest BCUT2D eigenvalue weighted by Crippen LogP contribution is -2.13. The molecule has 132 valence electrons. The van der Waals surface area contributed by atoms with Gasteiger partial charge >= 0.3 is 0 Å². The van der Waals surface area contributed by atoms with Crippen molar-refractivity contribution < 1.29 is 9.72 Å². The van der Waals surface area contributed by atoms with Gasteiger partial charge in [0, 0.05) is 17.1 Å². The smallest absolute Gasteiger partial charge is 0.288 e. The van der Waals surface area contributed by atoms with E-state index in [2.05, 4.69) is 5.32 Å². The van der Waals surface area contributed by atoms with Crippen LogP contribution in [0.1, 0.15) is 5.56 Å². The van der Waals surface area contributed by atoms with Crippen LogP contribution in [0, 0.1) is 21.4 Å². The molecule has 0 bridgehead atoms. The summed E-state index contributed by atoms with van der Waals surface area (Å²) in [6, 6.07) is 18.9. The van der Waals surface area contributed by atoms with Crippen LogP contribution in [0.3, 0.4) is 0 Å². The van der Waals surface area contributed by atoms with Crippen molar-refractivity contribution in [3.05, 3.63) is 86.9 Å². The Hall–Kier alpha value is -3.69. The van der Waals surface area contributed by atoms with Crippen molar-refractivity contribution in [1.82, 2.24) is 0 Å². The molecule has 0 saturated carbocycles. The van der Waals surface area contributed by atoms with Gasteiger partial charge in [-0.1, -0.05) is 54.1 Å². The molecule has 0 aromatic heterocycles. The second-order valence-electron chi connectivity index (χ2n) is 5.62. The molecule has 6 nitrogen and oxygen atoms in total. The molecule has 0 atom stereocenters. The molecule has 0 aliphatic rings. The van der Waals surface area contributed by atoms with Gasteiger partial charge in [-0.15, -0.1) is 0 Å². The molecule has 27 heavy (non-hydrogen) atoms. The minimum absolute atomic E-state index is 0.0177. The Morgan fingerprint density at radius 3 is 2.63 bits per heavy atom. The van der Waals surface area contributed by atoms with Crippen LogP contribution in [0.2, 0.25) is 5.02 Å². The third kappa shape index (κ3) is 3.94. The summed E-state index contributed by atoms with van der Waals surface area (Å²) in [5, 5.41) is 24.8. The van der Waals surface area contributed by atoms with Crippen LogP contribution in [0.25, 0.3) is 16.8 Å². The van der Waals surface area contributed by atoms with Crippen LogP contribution in [-0.2, 0) is 4.79 Å². The second kappa shape index (κ2) is 7.68. The monoisotopic (exact) mass is 377 g/mol. The highest BCUT2D eigenvalue weighted by Crippen LogP contribution is 2.27. The Labute approximate surface area is 159 Å². The molecule has 0 radical (unpaired) electrons. The first-order chi connectivity index (χ1) is 13.0. The van der Waals surface area contributed by atoms with E-state index in [1.807, 2.05) is 36.4 Å². The number of nitro groups is 1. The quantitative estimate of drug-likeness (QED) is 0.301. The maximum atomic E-state index is 12.5. The van der Waals surface area contributed by atoms with Crippen molar-refractivity contribution in [3.63, 3.8) is 0 Å². The number of hydrogen-bond donors (Lipinski definition) is 1. The molecule has 0 spiro atoms. The third-order valence-corrected chi connectivity index (χ3v) is 4.20. The van der Waals surface area contributed by atoms with Gasteiger partial charge in [-0.3, -0.25) is 14.9 Å². The summed E-state index contributed by atoms with van der Waals surface area (Å²) in [5.74, 6) is -0.605. The van der Waals surface area contributed by atoms with E-state index in [0.29, 0.717) is 11.3 Å². The van der Waals surface area contributed by atoms with Gasteiger partial charge in [0.1, 0.15) is 16.7 Å². The lowest BCUT2D eigenvalue weighted by molar-refractivity contribution is -0.384. The molecule has 3 rings (SSSR count). The van der Waals surface area contributed by atoms with Gasteiger partial charge in [-0.2, -0.15) is 5.26 Å². The molecule has 1 N–H and O–H groups in total. The van der Waals surface area contributed by atoms with E-state index in [1.54, 1.807) is 12.1 Å². The Morgan fingerprint density at radius 2 is 1.89 bits per heavy atom. The lowest BCUT2D eigenvalue weighted by Gasteiger charge is -2.08. The highest BCUT2D eigenvalue weighted by Gasteiger charge is 2.15. The van der Waals surface area contributed by atoms with E-state index < -0.39 is 10.8 Å². The molecule has 3 aromatic carbocycles. The Bertz CT molecular complexity index is 1130. The number of nitrogens with one attached hydrogen (secondary N) is 1. The van der Waals surface area contributed by atoms with Gasteiger partial charge in [0.05, 0.1) is 4.92 Å². The number of nitro benzene ring substituents is 1. The van der Waals surface area contributed by atoms with Gasteiger partial charge in [-0.05, 0) is 29.2 Å². The van der Waals surface area contributed by atoms with Gasteiger partial charge in [0.2, 0.25) is 0 Å². The zero-order valence-electron chi connectivity index (χ0n) is 13.8. The number of nitrogens with zero attached hydrogens (tertiary/aromatic N) is 2. The second-order valence-corrected chi connectivity index (χ2v) is 6.03. The summed E-state index contributed by atoms with van der Waals surface area (Å²) in [4.78, 5) is 22.9. The van der Waals surface area contributed by atoms with Crippen LogP contribution in [0.4, 0.5) is 11.4 Å². The summed E-state index contributed by atoms with van der Waals surface area (Å²) >= 11 is 5.78. The van der Waals surface area contributed by atoms with E-state index >= 15 is 0 Å². The molecule has 7 heteroatoms. The number of carbonyl (C=O) groups is 1. The summed E-state index contributed by atoms with van der Waals surface area (Å²) in [7, 11) is 0. The van der Waals surface area contributed by atoms with E-state index in [1.165, 1.54) is 24.3 Å². The van der Waals surface area contributed by atoms with Crippen molar-refractivity contribution in [2.45, 2.75) is 0 Å². The summed E-state index contributed by atoms with van der Waals surface area (Å²) in [6.07, 6.45) is 1.28. The minimum atomic E-state index is -0.623. The molecular weight excluding hydrogens is 366 g/mol. The number of carbonyl (C=O) groups excluding carboxylic acids is 1. The average molecular weight is 378 g/mol. The van der Waals surface area contributed by atoms with E-state index in [0.717, 1.165) is 10.8 Å². The fourth-order valence-electron chi connectivity index (χ4n) is 2.60. The van der Waals surface area contributed by atoms with Crippen molar-refractivity contribution in [2.75, 3.05) is 5.32 Å². The van der Waals surface area contributed by atoms with Gasteiger partial charge in [0.25, 0.3) is 11.6 Å². The highest BCUT2D eigenvalue weighted by molar-refractivity contribution is 6.32. The molecule has 1 amide bonds. The largest absolute Gasteiger partial charge is 0.321 e. The van der Waals surface area contributed by atoms with Crippen molar-refractivity contribution in [2.24, 2.45) is 0 Å². The van der Waals surface area contributed by atoms with Crippen LogP contribution < -0.4 is 5.32 Å². The molecule has 0 aliphatic carbocycles. The number of amides is 1. The van der Waals surface area contributed by atoms with Gasteiger partial charge < -0.3 is 5.32 Å². The van der Waals surface area contributed by atoms with Crippen LogP contribution in [0.5, 0.6) is 0 Å². The molecule has 0 unspecified atom stereocenters. The number of hydrogen-bond acceptors (Lipinski definition) is 4. The standard InChI is InChI=1S/C20H12ClN3O3/c21-17-9-8-13(11-19(17)24(26)27)10-15(12-22)20(25)23-18-7-3-5-14-4-1-2-6-16(14)18/h1-11H,(H,23,25)/b15-10+. The maximum Gasteiger partial charge on any atom is 0.288 e. The van der Waals surface area contributed by atoms with Crippen molar-refractivity contribution in [1.29, 1.82) is 5.26 Å². The Morgan fingerprint density at radius 1 is 1.15 bits per heavy atom. The molecule has 3 aromatic rings. The zero-order valence-corrected chi connectivity index (χ0v) is 14.6. The third-order valence-electron chi connectivity index (χ3n) is 3.88. The number of nitriles is 1. The Kier molecular flexibility index (Phi) is 5.15. The predicted molar refractivity (Wildman–Crippen MR) is 104 cm³/mol. The summed E-state index contributed by atoms with van der Waals surface area (Å²) in [5.41, 5.74) is 0.425. The number of rotatable bonds is 4. The first kappa shape index (κ1) is 18.1. The average Bonchev–Trinajstić information content (AvgIpc) is 2.67. The predicted octanol–water partition coefficient (Wildman–Crippen LogP) is 4.95. The first-order valence-electron chi connectivity index (χ1n) is 7.84. The minimum Gasteiger partial charge on any atom is -0.321 e. The highest BCUT2D eigenvalue weighted by atomic mass is 35.5. The van der Waals surface area contributed by atoms with Gasteiger partial charge in [-0.25, -0.2) is 0 Å². The Balaban J connectivity index is 1.93. The maximum absolute atomic E-state index is 12.5. The molecule has 0 aliphatic heterocycles.